The van der Waals surface area contributed by atoms with Crippen LogP contribution in [0.4, 0.5) is 10.7 Å². The zero-order valence-electron chi connectivity index (χ0n) is 9.38. The van der Waals surface area contributed by atoms with Crippen LogP contribution in [0.2, 0.25) is 0 Å². The number of likely N-dealkylation sites (N-methyl/N-ethyl adjacent to an activating group) is 1. The standard InChI is InChI=1S/C10H13BrN4O2/c1-14(10(16)17)8-2-3-15(6-8)9-12-4-7(11)5-13-9/h4-5,8H,2-3,6H2,1H3,(H,16,17). The smallest absolute Gasteiger partial charge is 0.407 e. The summed E-state index contributed by atoms with van der Waals surface area (Å²) in [5.74, 6) is 0.648. The van der Waals surface area contributed by atoms with E-state index >= 15 is 0 Å². The molecule has 1 unspecified atom stereocenters. The average Bonchev–Trinajstić information content (AvgIpc) is 2.78. The number of nitrogens with zero attached hydrogens (tertiary/aromatic N) is 4. The molecule has 1 aromatic heterocycles. The van der Waals surface area contributed by atoms with Crippen molar-refractivity contribution in [1.29, 1.82) is 0 Å². The first-order valence-electron chi connectivity index (χ1n) is 5.26. The molecule has 0 spiro atoms. The van der Waals surface area contributed by atoms with Gasteiger partial charge in [0.15, 0.2) is 0 Å². The minimum Gasteiger partial charge on any atom is -0.465 e. The Labute approximate surface area is 107 Å². The molecule has 92 valence electrons. The number of carbonyl (C=O) groups is 1. The highest BCUT2D eigenvalue weighted by molar-refractivity contribution is 9.10. The van der Waals surface area contributed by atoms with Crippen LogP contribution in [0.15, 0.2) is 16.9 Å². The molecule has 0 bridgehead atoms. The molecule has 0 radical (unpaired) electrons. The van der Waals surface area contributed by atoms with Crippen LogP contribution in [0.3, 0.4) is 0 Å². The van der Waals surface area contributed by atoms with E-state index in [1.807, 2.05) is 4.90 Å². The Balaban J connectivity index is 2.02. The van der Waals surface area contributed by atoms with Crippen LogP contribution in [0.25, 0.3) is 0 Å². The van der Waals surface area contributed by atoms with Gasteiger partial charge < -0.3 is 14.9 Å². The van der Waals surface area contributed by atoms with Gasteiger partial charge in [-0.25, -0.2) is 14.8 Å². The average molecular weight is 301 g/mol. The van der Waals surface area contributed by atoms with E-state index in [0.29, 0.717) is 12.5 Å². The van der Waals surface area contributed by atoms with Crippen molar-refractivity contribution >= 4 is 28.0 Å². The van der Waals surface area contributed by atoms with Crippen molar-refractivity contribution in [2.45, 2.75) is 12.5 Å². The number of rotatable bonds is 2. The lowest BCUT2D eigenvalue weighted by atomic mass is 10.2. The summed E-state index contributed by atoms with van der Waals surface area (Å²) in [6, 6.07) is 0.0137. The number of amides is 1. The van der Waals surface area contributed by atoms with E-state index in [2.05, 4.69) is 25.9 Å². The summed E-state index contributed by atoms with van der Waals surface area (Å²) in [5.41, 5.74) is 0. The van der Waals surface area contributed by atoms with Crippen LogP contribution < -0.4 is 4.90 Å². The highest BCUT2D eigenvalue weighted by atomic mass is 79.9. The van der Waals surface area contributed by atoms with Crippen LogP contribution in [0.1, 0.15) is 6.42 Å². The van der Waals surface area contributed by atoms with E-state index in [1.165, 1.54) is 4.90 Å². The molecule has 1 aliphatic rings. The number of anilines is 1. The second-order valence-corrected chi connectivity index (χ2v) is 4.90. The SMILES string of the molecule is CN(C(=O)O)C1CCN(c2ncc(Br)cn2)C1. The maximum absolute atomic E-state index is 10.8. The normalized spacial score (nSPS) is 19.4. The van der Waals surface area contributed by atoms with Crippen LogP contribution in [-0.4, -0.2) is 52.2 Å². The molecule has 1 aliphatic heterocycles. The van der Waals surface area contributed by atoms with Gasteiger partial charge in [0.05, 0.1) is 10.5 Å². The lowest BCUT2D eigenvalue weighted by molar-refractivity contribution is 0.142. The first kappa shape index (κ1) is 12.1. The molecule has 2 rings (SSSR count). The summed E-state index contributed by atoms with van der Waals surface area (Å²) in [6.45, 7) is 1.42. The molecule has 1 amide bonds. The van der Waals surface area contributed by atoms with Gasteiger partial charge in [0, 0.05) is 32.5 Å². The molecule has 17 heavy (non-hydrogen) atoms. The third kappa shape index (κ3) is 2.66. The van der Waals surface area contributed by atoms with E-state index in [-0.39, 0.29) is 6.04 Å². The molecular formula is C10H13BrN4O2. The van der Waals surface area contributed by atoms with Crippen molar-refractivity contribution in [3.05, 3.63) is 16.9 Å². The predicted octanol–water partition coefficient (Wildman–Crippen LogP) is 1.43. The van der Waals surface area contributed by atoms with E-state index in [9.17, 15) is 4.79 Å². The Morgan fingerprint density at radius 2 is 2.24 bits per heavy atom. The molecule has 1 aromatic rings. The fourth-order valence-electron chi connectivity index (χ4n) is 1.86. The minimum absolute atomic E-state index is 0.0137. The van der Waals surface area contributed by atoms with E-state index in [1.54, 1.807) is 19.4 Å². The maximum atomic E-state index is 10.8. The predicted molar refractivity (Wildman–Crippen MR) is 66.1 cm³/mol. The van der Waals surface area contributed by atoms with Gasteiger partial charge in [-0.3, -0.25) is 0 Å². The van der Waals surface area contributed by atoms with Gasteiger partial charge >= 0.3 is 6.09 Å². The molecular weight excluding hydrogens is 288 g/mol. The van der Waals surface area contributed by atoms with Gasteiger partial charge in [-0.2, -0.15) is 0 Å². The Bertz CT molecular complexity index is 411. The Kier molecular flexibility index (Phi) is 3.46. The first-order valence-corrected chi connectivity index (χ1v) is 6.05. The molecule has 7 heteroatoms. The van der Waals surface area contributed by atoms with Crippen LogP contribution in [0, 0.1) is 0 Å². The van der Waals surface area contributed by atoms with Gasteiger partial charge in [-0.1, -0.05) is 0 Å². The van der Waals surface area contributed by atoms with Crippen molar-refractivity contribution in [3.63, 3.8) is 0 Å². The number of hydrogen-bond acceptors (Lipinski definition) is 4. The largest absolute Gasteiger partial charge is 0.465 e. The van der Waals surface area contributed by atoms with Gasteiger partial charge in [-0.15, -0.1) is 0 Å². The lowest BCUT2D eigenvalue weighted by Gasteiger charge is -2.21. The van der Waals surface area contributed by atoms with Gasteiger partial charge in [0.1, 0.15) is 0 Å². The van der Waals surface area contributed by atoms with Crippen molar-refractivity contribution in [2.24, 2.45) is 0 Å². The molecule has 1 N–H and O–H groups in total. The molecule has 0 aromatic carbocycles. The zero-order valence-corrected chi connectivity index (χ0v) is 11.0. The van der Waals surface area contributed by atoms with Crippen molar-refractivity contribution in [3.8, 4) is 0 Å². The van der Waals surface area contributed by atoms with Crippen LogP contribution in [-0.2, 0) is 0 Å². The maximum Gasteiger partial charge on any atom is 0.407 e. The molecule has 1 fully saturated rings. The molecule has 6 nitrogen and oxygen atoms in total. The highest BCUT2D eigenvalue weighted by Gasteiger charge is 2.29. The monoisotopic (exact) mass is 300 g/mol. The van der Waals surface area contributed by atoms with Gasteiger partial charge in [0.2, 0.25) is 5.95 Å². The molecule has 0 saturated carbocycles. The molecule has 0 aliphatic carbocycles. The fourth-order valence-corrected chi connectivity index (χ4v) is 2.07. The topological polar surface area (TPSA) is 69.6 Å². The lowest BCUT2D eigenvalue weighted by Crippen LogP contribution is -2.38. The Morgan fingerprint density at radius 1 is 1.59 bits per heavy atom. The minimum atomic E-state index is -0.895. The number of aromatic nitrogens is 2. The fraction of sp³-hybridized carbons (Fsp3) is 0.500. The third-order valence-electron chi connectivity index (χ3n) is 2.90. The molecule has 2 heterocycles. The summed E-state index contributed by atoms with van der Waals surface area (Å²) < 4.78 is 0.833. The van der Waals surface area contributed by atoms with Crippen molar-refractivity contribution in [2.75, 3.05) is 25.0 Å². The van der Waals surface area contributed by atoms with Crippen molar-refractivity contribution < 1.29 is 9.90 Å². The summed E-state index contributed by atoms with van der Waals surface area (Å²) in [4.78, 5) is 22.6. The van der Waals surface area contributed by atoms with Crippen molar-refractivity contribution in [1.82, 2.24) is 14.9 Å². The van der Waals surface area contributed by atoms with E-state index in [4.69, 9.17) is 5.11 Å². The summed E-state index contributed by atoms with van der Waals surface area (Å²) in [7, 11) is 1.60. The quantitative estimate of drug-likeness (QED) is 0.895. The third-order valence-corrected chi connectivity index (χ3v) is 3.31. The second-order valence-electron chi connectivity index (χ2n) is 3.98. The van der Waals surface area contributed by atoms with E-state index in [0.717, 1.165) is 17.4 Å². The summed E-state index contributed by atoms with van der Waals surface area (Å²) in [5, 5.41) is 8.91. The zero-order chi connectivity index (χ0) is 12.4. The van der Waals surface area contributed by atoms with Crippen LogP contribution >= 0.6 is 15.9 Å². The summed E-state index contributed by atoms with van der Waals surface area (Å²) in [6.07, 6.45) is 3.30. The van der Waals surface area contributed by atoms with Gasteiger partial charge in [0.25, 0.3) is 0 Å². The summed E-state index contributed by atoms with van der Waals surface area (Å²) >= 11 is 3.28. The number of halogens is 1. The van der Waals surface area contributed by atoms with Crippen LogP contribution in [0.5, 0.6) is 0 Å². The molecule has 1 saturated heterocycles. The Hall–Kier alpha value is -1.37. The Morgan fingerprint density at radius 3 is 2.82 bits per heavy atom. The van der Waals surface area contributed by atoms with E-state index < -0.39 is 6.09 Å². The van der Waals surface area contributed by atoms with Gasteiger partial charge in [-0.05, 0) is 22.4 Å². The highest BCUT2D eigenvalue weighted by Crippen LogP contribution is 2.19. The first-order chi connectivity index (χ1) is 8.08. The number of hydrogen-bond donors (Lipinski definition) is 1. The second kappa shape index (κ2) is 4.87. The molecule has 1 atom stereocenters. The number of carboxylic acid groups (broad SMARTS) is 1.